The first-order chi connectivity index (χ1) is 14.5. The Balaban J connectivity index is 1.56. The molecule has 0 unspecified atom stereocenters. The number of pyridine rings is 1. The molecule has 8 nitrogen and oxygen atoms in total. The van der Waals surface area contributed by atoms with Gasteiger partial charge in [-0.2, -0.15) is 0 Å². The van der Waals surface area contributed by atoms with E-state index in [9.17, 15) is 9.59 Å². The van der Waals surface area contributed by atoms with Gasteiger partial charge in [-0.25, -0.2) is 9.97 Å². The summed E-state index contributed by atoms with van der Waals surface area (Å²) >= 11 is 0. The van der Waals surface area contributed by atoms with Gasteiger partial charge in [0.2, 0.25) is 11.9 Å². The summed E-state index contributed by atoms with van der Waals surface area (Å²) in [5.41, 5.74) is 2.08. The monoisotopic (exact) mass is 401 g/mol. The van der Waals surface area contributed by atoms with Gasteiger partial charge in [0.05, 0.1) is 11.0 Å². The van der Waals surface area contributed by atoms with Gasteiger partial charge >= 0.3 is 0 Å². The van der Waals surface area contributed by atoms with Crippen LogP contribution in [0.15, 0.2) is 66.9 Å². The average Bonchev–Trinajstić information content (AvgIpc) is 3.03. The van der Waals surface area contributed by atoms with Gasteiger partial charge in [-0.1, -0.05) is 18.2 Å². The number of benzene rings is 2. The lowest BCUT2D eigenvalue weighted by Crippen LogP contribution is -2.14. The quantitative estimate of drug-likeness (QED) is 0.527. The number of nitrogens with one attached hydrogen (secondary N) is 2. The maximum Gasteiger partial charge on any atom is 0.257 e. The predicted molar refractivity (Wildman–Crippen MR) is 114 cm³/mol. The van der Waals surface area contributed by atoms with Crippen molar-refractivity contribution in [3.8, 4) is 11.5 Å². The minimum absolute atomic E-state index is 0.209. The SMILES string of the molecule is CC(=O)Nc1cc(Oc2ccc3c(c2)nc(NC(=O)c2ccccc2)n3C)ccn1. The fourth-order valence-electron chi connectivity index (χ4n) is 2.98. The molecule has 0 aliphatic heterocycles. The number of hydrogen-bond acceptors (Lipinski definition) is 5. The third-order valence-corrected chi connectivity index (χ3v) is 4.38. The van der Waals surface area contributed by atoms with E-state index in [1.807, 2.05) is 37.4 Å². The molecule has 0 atom stereocenters. The number of carbonyl (C=O) groups excluding carboxylic acids is 2. The normalized spacial score (nSPS) is 10.6. The highest BCUT2D eigenvalue weighted by Gasteiger charge is 2.13. The molecule has 0 saturated heterocycles. The first-order valence-electron chi connectivity index (χ1n) is 9.24. The van der Waals surface area contributed by atoms with Gasteiger partial charge in [0.1, 0.15) is 17.3 Å². The average molecular weight is 401 g/mol. The lowest BCUT2D eigenvalue weighted by atomic mass is 10.2. The summed E-state index contributed by atoms with van der Waals surface area (Å²) < 4.78 is 7.69. The van der Waals surface area contributed by atoms with Gasteiger partial charge in [-0.05, 0) is 30.3 Å². The number of nitrogens with zero attached hydrogens (tertiary/aromatic N) is 3. The summed E-state index contributed by atoms with van der Waals surface area (Å²) in [5, 5.41) is 5.45. The molecule has 150 valence electrons. The Hall–Kier alpha value is -4.20. The summed E-state index contributed by atoms with van der Waals surface area (Å²) in [6.07, 6.45) is 1.55. The molecule has 8 heteroatoms. The number of rotatable bonds is 5. The fraction of sp³-hybridized carbons (Fsp3) is 0.0909. The molecular formula is C22H19N5O3. The van der Waals surface area contributed by atoms with E-state index in [1.54, 1.807) is 41.1 Å². The zero-order chi connectivity index (χ0) is 21.1. The van der Waals surface area contributed by atoms with Gasteiger partial charge in [0, 0.05) is 37.9 Å². The van der Waals surface area contributed by atoms with Crippen LogP contribution in [-0.2, 0) is 11.8 Å². The maximum atomic E-state index is 12.4. The second-order valence-corrected chi connectivity index (χ2v) is 6.63. The highest BCUT2D eigenvalue weighted by molar-refractivity contribution is 6.04. The number of aromatic nitrogens is 3. The van der Waals surface area contributed by atoms with Crippen molar-refractivity contribution >= 4 is 34.6 Å². The molecule has 0 spiro atoms. The molecule has 0 aliphatic rings. The Morgan fingerprint density at radius 3 is 2.50 bits per heavy atom. The van der Waals surface area contributed by atoms with Crippen LogP contribution in [0.2, 0.25) is 0 Å². The van der Waals surface area contributed by atoms with E-state index in [-0.39, 0.29) is 11.8 Å². The number of imidazole rings is 1. The molecule has 2 N–H and O–H groups in total. The van der Waals surface area contributed by atoms with Crippen LogP contribution < -0.4 is 15.4 Å². The molecule has 4 rings (SSSR count). The van der Waals surface area contributed by atoms with E-state index in [1.165, 1.54) is 6.92 Å². The molecule has 4 aromatic rings. The van der Waals surface area contributed by atoms with Crippen molar-refractivity contribution in [1.29, 1.82) is 0 Å². The van der Waals surface area contributed by atoms with Crippen molar-refractivity contribution in [2.75, 3.05) is 10.6 Å². The summed E-state index contributed by atoms with van der Waals surface area (Å²) in [5.74, 6) is 1.51. The van der Waals surface area contributed by atoms with Crippen molar-refractivity contribution < 1.29 is 14.3 Å². The fourth-order valence-corrected chi connectivity index (χ4v) is 2.98. The van der Waals surface area contributed by atoms with Gasteiger partial charge in [-0.15, -0.1) is 0 Å². The zero-order valence-electron chi connectivity index (χ0n) is 16.4. The van der Waals surface area contributed by atoms with Gasteiger partial charge in [-0.3, -0.25) is 14.9 Å². The molecule has 0 fully saturated rings. The number of anilines is 2. The molecule has 0 aliphatic carbocycles. The van der Waals surface area contributed by atoms with Crippen LogP contribution in [0.5, 0.6) is 11.5 Å². The number of amides is 2. The molecular weight excluding hydrogens is 382 g/mol. The smallest absolute Gasteiger partial charge is 0.257 e. The topological polar surface area (TPSA) is 98.1 Å². The lowest BCUT2D eigenvalue weighted by molar-refractivity contribution is -0.114. The lowest BCUT2D eigenvalue weighted by Gasteiger charge is -2.07. The zero-order valence-corrected chi connectivity index (χ0v) is 16.4. The van der Waals surface area contributed by atoms with Crippen LogP contribution in [0.25, 0.3) is 11.0 Å². The largest absolute Gasteiger partial charge is 0.457 e. The van der Waals surface area contributed by atoms with Gasteiger partial charge < -0.3 is 14.6 Å². The Morgan fingerprint density at radius 2 is 1.73 bits per heavy atom. The Kier molecular flexibility index (Phi) is 5.13. The molecule has 2 heterocycles. The highest BCUT2D eigenvalue weighted by atomic mass is 16.5. The van der Waals surface area contributed by atoms with Crippen LogP contribution in [0.4, 0.5) is 11.8 Å². The number of ether oxygens (including phenoxy) is 1. The highest BCUT2D eigenvalue weighted by Crippen LogP contribution is 2.28. The Morgan fingerprint density at radius 1 is 0.967 bits per heavy atom. The number of fused-ring (bicyclic) bond motifs is 1. The summed E-state index contributed by atoms with van der Waals surface area (Å²) in [7, 11) is 1.83. The standard InChI is InChI=1S/C22H19N5O3/c1-14(28)24-20-13-17(10-11-23-20)30-16-8-9-19-18(12-16)25-22(27(19)2)26-21(29)15-6-4-3-5-7-15/h3-13H,1-2H3,(H,23,24,28)(H,25,26,29). The van der Waals surface area contributed by atoms with E-state index in [0.29, 0.717) is 34.3 Å². The van der Waals surface area contributed by atoms with Crippen molar-refractivity contribution in [3.05, 3.63) is 72.4 Å². The molecule has 2 aromatic heterocycles. The van der Waals surface area contributed by atoms with Crippen molar-refractivity contribution in [1.82, 2.24) is 14.5 Å². The molecule has 2 aromatic carbocycles. The Bertz CT molecular complexity index is 1230. The number of carbonyl (C=O) groups is 2. The van der Waals surface area contributed by atoms with Crippen LogP contribution in [0.3, 0.4) is 0 Å². The third kappa shape index (κ3) is 4.12. The first-order valence-corrected chi connectivity index (χ1v) is 9.24. The van der Waals surface area contributed by atoms with Crippen LogP contribution >= 0.6 is 0 Å². The van der Waals surface area contributed by atoms with E-state index in [2.05, 4.69) is 20.6 Å². The van der Waals surface area contributed by atoms with E-state index < -0.39 is 0 Å². The summed E-state index contributed by atoms with van der Waals surface area (Å²) in [6.45, 7) is 1.42. The number of hydrogen-bond donors (Lipinski definition) is 2. The second-order valence-electron chi connectivity index (χ2n) is 6.63. The van der Waals surface area contributed by atoms with Crippen molar-refractivity contribution in [2.45, 2.75) is 6.92 Å². The molecule has 0 radical (unpaired) electrons. The maximum absolute atomic E-state index is 12.4. The molecule has 0 bridgehead atoms. The minimum Gasteiger partial charge on any atom is -0.457 e. The summed E-state index contributed by atoms with van der Waals surface area (Å²) in [4.78, 5) is 32.2. The molecule has 0 saturated carbocycles. The first kappa shape index (κ1) is 19.1. The summed E-state index contributed by atoms with van der Waals surface area (Å²) in [6, 6.07) is 17.8. The van der Waals surface area contributed by atoms with Crippen molar-refractivity contribution in [2.24, 2.45) is 7.05 Å². The van der Waals surface area contributed by atoms with E-state index in [4.69, 9.17) is 4.74 Å². The van der Waals surface area contributed by atoms with Gasteiger partial charge in [0.15, 0.2) is 0 Å². The van der Waals surface area contributed by atoms with Crippen molar-refractivity contribution in [3.63, 3.8) is 0 Å². The third-order valence-electron chi connectivity index (χ3n) is 4.38. The van der Waals surface area contributed by atoms with E-state index >= 15 is 0 Å². The van der Waals surface area contributed by atoms with Gasteiger partial charge in [0.25, 0.3) is 5.91 Å². The van der Waals surface area contributed by atoms with E-state index in [0.717, 1.165) is 5.52 Å². The van der Waals surface area contributed by atoms with Crippen LogP contribution in [-0.4, -0.2) is 26.3 Å². The van der Waals surface area contributed by atoms with Crippen LogP contribution in [0.1, 0.15) is 17.3 Å². The Labute approximate surface area is 172 Å². The second kappa shape index (κ2) is 8.04. The predicted octanol–water partition coefficient (Wildman–Crippen LogP) is 3.97. The molecule has 30 heavy (non-hydrogen) atoms. The number of aryl methyl sites for hydroxylation is 1. The minimum atomic E-state index is -0.229. The van der Waals surface area contributed by atoms with Crippen LogP contribution in [0, 0.1) is 0 Å². The molecule has 2 amide bonds.